The molecule has 25 heavy (non-hydrogen) atoms. The van der Waals surface area contributed by atoms with Gasteiger partial charge in [0.05, 0.1) is 0 Å². The molecule has 4 aromatic carbocycles. The van der Waals surface area contributed by atoms with Gasteiger partial charge >= 0.3 is 0 Å². The van der Waals surface area contributed by atoms with Crippen LogP contribution in [0.5, 0.6) is 0 Å². The predicted molar refractivity (Wildman–Crippen MR) is 107 cm³/mol. The Morgan fingerprint density at radius 3 is 1.56 bits per heavy atom. The number of anilines is 2. The van der Waals surface area contributed by atoms with Crippen LogP contribution in [0, 0.1) is 0 Å². The van der Waals surface area contributed by atoms with Crippen molar-refractivity contribution in [1.82, 2.24) is 0 Å². The summed E-state index contributed by atoms with van der Waals surface area (Å²) in [6.07, 6.45) is 0. The predicted octanol–water partition coefficient (Wildman–Crippen LogP) is 6.76. The highest BCUT2D eigenvalue weighted by atomic mass is 14.9. The highest BCUT2D eigenvalue weighted by Gasteiger charge is 2.03. The van der Waals surface area contributed by atoms with Gasteiger partial charge in [-0.2, -0.15) is 0 Å². The van der Waals surface area contributed by atoms with Crippen molar-refractivity contribution >= 4 is 11.4 Å². The van der Waals surface area contributed by atoms with Gasteiger partial charge in [-0.15, -0.1) is 0 Å². The van der Waals surface area contributed by atoms with Crippen LogP contribution >= 0.6 is 0 Å². The summed E-state index contributed by atoms with van der Waals surface area (Å²) in [7, 11) is 0. The molecule has 0 amide bonds. The maximum Gasteiger partial charge on any atom is 0.0390 e. The van der Waals surface area contributed by atoms with Crippen molar-refractivity contribution in [3.8, 4) is 22.3 Å². The minimum atomic E-state index is 1.09. The molecule has 0 aliphatic rings. The molecule has 4 rings (SSSR count). The molecule has 0 unspecified atom stereocenters. The Hall–Kier alpha value is -3.32. The quantitative estimate of drug-likeness (QED) is 0.437. The van der Waals surface area contributed by atoms with E-state index >= 15 is 0 Å². The molecule has 0 fully saturated rings. The first-order valence-electron chi connectivity index (χ1n) is 8.46. The lowest BCUT2D eigenvalue weighted by molar-refractivity contribution is 1.53. The van der Waals surface area contributed by atoms with Crippen LogP contribution in [0.3, 0.4) is 0 Å². The van der Waals surface area contributed by atoms with Gasteiger partial charge in [-0.3, -0.25) is 0 Å². The van der Waals surface area contributed by atoms with Gasteiger partial charge in [-0.25, -0.2) is 0 Å². The van der Waals surface area contributed by atoms with Crippen molar-refractivity contribution in [1.29, 1.82) is 0 Å². The van der Waals surface area contributed by atoms with Gasteiger partial charge in [0.15, 0.2) is 0 Å². The zero-order valence-corrected chi connectivity index (χ0v) is 13.9. The summed E-state index contributed by atoms with van der Waals surface area (Å²) in [5.41, 5.74) is 7.09. The lowest BCUT2D eigenvalue weighted by Crippen LogP contribution is -1.90. The van der Waals surface area contributed by atoms with Crippen LogP contribution in [0.4, 0.5) is 11.4 Å². The Labute approximate surface area is 148 Å². The Bertz CT molecular complexity index is 959. The molecule has 0 saturated heterocycles. The number of nitrogens with one attached hydrogen (secondary N) is 1. The molecule has 1 nitrogen and oxygen atoms in total. The van der Waals surface area contributed by atoms with E-state index in [9.17, 15) is 0 Å². The average Bonchev–Trinajstić information content (AvgIpc) is 2.70. The van der Waals surface area contributed by atoms with Gasteiger partial charge in [-0.05, 0) is 52.6 Å². The van der Waals surface area contributed by atoms with E-state index in [2.05, 4.69) is 90.2 Å². The van der Waals surface area contributed by atoms with Crippen molar-refractivity contribution in [2.24, 2.45) is 0 Å². The molecule has 0 atom stereocenters. The molecule has 0 heterocycles. The molecule has 1 N–H and O–H groups in total. The zero-order valence-electron chi connectivity index (χ0n) is 13.9. The molecule has 0 aliphatic carbocycles. The lowest BCUT2D eigenvalue weighted by atomic mass is 9.99. The average molecular weight is 321 g/mol. The molecule has 0 aliphatic heterocycles. The number of hydrogen-bond donors (Lipinski definition) is 1. The van der Waals surface area contributed by atoms with Gasteiger partial charge in [0.2, 0.25) is 0 Å². The van der Waals surface area contributed by atoms with Crippen LogP contribution in [0.25, 0.3) is 22.3 Å². The normalized spacial score (nSPS) is 10.4. The molecular formula is C24H19N. The number of para-hydroxylation sites is 1. The fraction of sp³-hybridized carbons (Fsp3) is 0. The summed E-state index contributed by atoms with van der Waals surface area (Å²) < 4.78 is 0. The van der Waals surface area contributed by atoms with E-state index in [1.165, 1.54) is 22.3 Å². The summed E-state index contributed by atoms with van der Waals surface area (Å²) in [5, 5.41) is 3.46. The highest BCUT2D eigenvalue weighted by molar-refractivity contribution is 5.75. The van der Waals surface area contributed by atoms with E-state index in [0.29, 0.717) is 0 Å². The van der Waals surface area contributed by atoms with Gasteiger partial charge in [-0.1, -0.05) is 78.9 Å². The van der Waals surface area contributed by atoms with Gasteiger partial charge in [0, 0.05) is 11.4 Å². The van der Waals surface area contributed by atoms with Gasteiger partial charge < -0.3 is 5.32 Å². The maximum absolute atomic E-state index is 3.46. The van der Waals surface area contributed by atoms with Gasteiger partial charge in [0.25, 0.3) is 0 Å². The Kier molecular flexibility index (Phi) is 4.30. The molecule has 0 radical (unpaired) electrons. The number of hydrogen-bond acceptors (Lipinski definition) is 1. The second kappa shape index (κ2) is 7.06. The monoisotopic (exact) mass is 321 g/mol. The summed E-state index contributed by atoms with van der Waals surface area (Å²) in [4.78, 5) is 0. The molecule has 1 heteroatoms. The second-order valence-corrected chi connectivity index (χ2v) is 6.02. The Morgan fingerprint density at radius 1 is 0.360 bits per heavy atom. The van der Waals surface area contributed by atoms with E-state index < -0.39 is 0 Å². The second-order valence-electron chi connectivity index (χ2n) is 6.02. The standard InChI is InChI=1S/C24H19N/c1-3-9-19(10-4-1)20-11-7-12-21(17-20)22-13-8-16-24(18-22)25-23-14-5-2-6-15-23/h1-18,25H. The maximum atomic E-state index is 3.46. The first kappa shape index (κ1) is 15.2. The van der Waals surface area contributed by atoms with Crippen molar-refractivity contribution in [3.05, 3.63) is 109 Å². The van der Waals surface area contributed by atoms with E-state index in [1.54, 1.807) is 0 Å². The molecule has 4 aromatic rings. The fourth-order valence-corrected chi connectivity index (χ4v) is 2.97. The number of rotatable bonds is 4. The minimum absolute atomic E-state index is 1.09. The topological polar surface area (TPSA) is 12.0 Å². The molecular weight excluding hydrogens is 302 g/mol. The third kappa shape index (κ3) is 3.61. The summed E-state index contributed by atoms with van der Waals surface area (Å²) >= 11 is 0. The van der Waals surface area contributed by atoms with Crippen LogP contribution in [0.1, 0.15) is 0 Å². The summed E-state index contributed by atoms with van der Waals surface area (Å²) in [5.74, 6) is 0. The van der Waals surface area contributed by atoms with Crippen LogP contribution in [-0.2, 0) is 0 Å². The van der Waals surface area contributed by atoms with Gasteiger partial charge in [0.1, 0.15) is 0 Å². The summed E-state index contributed by atoms with van der Waals surface area (Å²) in [6.45, 7) is 0. The highest BCUT2D eigenvalue weighted by Crippen LogP contribution is 2.28. The third-order valence-electron chi connectivity index (χ3n) is 4.23. The van der Waals surface area contributed by atoms with Crippen LogP contribution in [0.15, 0.2) is 109 Å². The van der Waals surface area contributed by atoms with Crippen molar-refractivity contribution in [2.75, 3.05) is 5.32 Å². The SMILES string of the molecule is c1ccc(Nc2cccc(-c3cccc(-c4ccccc4)c3)c2)cc1. The molecule has 0 saturated carbocycles. The third-order valence-corrected chi connectivity index (χ3v) is 4.23. The fourth-order valence-electron chi connectivity index (χ4n) is 2.97. The first-order valence-corrected chi connectivity index (χ1v) is 8.46. The summed E-state index contributed by atoms with van der Waals surface area (Å²) in [6, 6.07) is 38.0. The molecule has 0 spiro atoms. The first-order chi connectivity index (χ1) is 12.4. The van der Waals surface area contributed by atoms with Crippen LogP contribution < -0.4 is 5.32 Å². The Morgan fingerprint density at radius 2 is 0.840 bits per heavy atom. The van der Waals surface area contributed by atoms with Crippen molar-refractivity contribution < 1.29 is 0 Å². The molecule has 120 valence electrons. The van der Waals surface area contributed by atoms with E-state index in [1.807, 2.05) is 24.3 Å². The van der Waals surface area contributed by atoms with Crippen molar-refractivity contribution in [2.45, 2.75) is 0 Å². The molecule has 0 bridgehead atoms. The van der Waals surface area contributed by atoms with E-state index in [-0.39, 0.29) is 0 Å². The van der Waals surface area contributed by atoms with Crippen molar-refractivity contribution in [3.63, 3.8) is 0 Å². The van der Waals surface area contributed by atoms with E-state index in [4.69, 9.17) is 0 Å². The van der Waals surface area contributed by atoms with E-state index in [0.717, 1.165) is 11.4 Å². The lowest BCUT2D eigenvalue weighted by Gasteiger charge is -2.10. The Balaban J connectivity index is 1.65. The smallest absolute Gasteiger partial charge is 0.0390 e. The number of benzene rings is 4. The van der Waals surface area contributed by atoms with Crippen LogP contribution in [-0.4, -0.2) is 0 Å². The minimum Gasteiger partial charge on any atom is -0.356 e. The largest absolute Gasteiger partial charge is 0.356 e. The zero-order chi connectivity index (χ0) is 16.9. The molecule has 0 aromatic heterocycles. The van der Waals surface area contributed by atoms with Crippen LogP contribution in [0.2, 0.25) is 0 Å².